The summed E-state index contributed by atoms with van der Waals surface area (Å²) in [5.41, 5.74) is 1.92. The Morgan fingerprint density at radius 2 is 2.20 bits per heavy atom. The molecular formula is C18H22ClN3O3. The normalized spacial score (nSPS) is 17.4. The predicted molar refractivity (Wildman–Crippen MR) is 95.0 cm³/mol. The second-order valence-corrected chi connectivity index (χ2v) is 7.62. The second kappa shape index (κ2) is 6.69. The maximum absolute atomic E-state index is 12.2. The van der Waals surface area contributed by atoms with Gasteiger partial charge in [0.2, 0.25) is 0 Å². The van der Waals surface area contributed by atoms with Crippen LogP contribution in [0.3, 0.4) is 0 Å². The fraction of sp³-hybridized carbons (Fsp3) is 0.444. The van der Waals surface area contributed by atoms with E-state index in [0.29, 0.717) is 35.3 Å². The molecule has 1 aliphatic rings. The minimum absolute atomic E-state index is 0.0263. The number of ether oxygens (including phenoxy) is 1. The lowest BCUT2D eigenvalue weighted by Gasteiger charge is -2.21. The number of nitrogens with one attached hydrogen (secondary N) is 2. The van der Waals surface area contributed by atoms with Crippen LogP contribution in [0.5, 0.6) is 5.75 Å². The number of carbonyl (C=O) groups is 1. The minimum Gasteiger partial charge on any atom is -0.490 e. The molecule has 6 nitrogen and oxygen atoms in total. The number of rotatable bonds is 4. The van der Waals surface area contributed by atoms with Crippen molar-refractivity contribution in [1.82, 2.24) is 15.3 Å². The lowest BCUT2D eigenvalue weighted by molar-refractivity contribution is 0.0932. The molecule has 0 saturated carbocycles. The molecule has 0 bridgehead atoms. The van der Waals surface area contributed by atoms with E-state index in [9.17, 15) is 9.90 Å². The molecule has 134 valence electrons. The van der Waals surface area contributed by atoms with Crippen molar-refractivity contribution in [2.24, 2.45) is 5.41 Å². The van der Waals surface area contributed by atoms with Crippen molar-refractivity contribution in [1.29, 1.82) is 0 Å². The Morgan fingerprint density at radius 1 is 1.44 bits per heavy atom. The fourth-order valence-electron chi connectivity index (χ4n) is 2.81. The van der Waals surface area contributed by atoms with Crippen LogP contribution < -0.4 is 10.1 Å². The summed E-state index contributed by atoms with van der Waals surface area (Å²) < 4.78 is 5.61. The van der Waals surface area contributed by atoms with Gasteiger partial charge >= 0.3 is 0 Å². The number of aryl methyl sites for hydroxylation is 1. The largest absolute Gasteiger partial charge is 0.490 e. The molecule has 0 aliphatic carbocycles. The van der Waals surface area contributed by atoms with E-state index in [4.69, 9.17) is 16.3 Å². The number of hydrogen-bond acceptors (Lipinski definition) is 4. The van der Waals surface area contributed by atoms with Crippen molar-refractivity contribution in [2.75, 3.05) is 13.2 Å². The topological polar surface area (TPSA) is 87.2 Å². The molecule has 0 radical (unpaired) electrons. The van der Waals surface area contributed by atoms with Gasteiger partial charge in [0.05, 0.1) is 0 Å². The molecule has 1 atom stereocenters. The standard InChI is InChI=1S/C18H22ClN3O3/c1-10-6-11(4-5-12(10)19)25-8-14(23)16-21-13-7-18(2,3)9-20-17(24)15(13)22-16/h4-6,14,23H,7-9H2,1-3H3,(H,20,24)(H,21,22)/t14-/m0/s1. The fourth-order valence-corrected chi connectivity index (χ4v) is 2.93. The van der Waals surface area contributed by atoms with Crippen LogP contribution >= 0.6 is 11.6 Å². The Morgan fingerprint density at radius 3 is 2.92 bits per heavy atom. The first-order valence-electron chi connectivity index (χ1n) is 8.19. The van der Waals surface area contributed by atoms with Crippen molar-refractivity contribution in [3.8, 4) is 5.75 Å². The van der Waals surface area contributed by atoms with Crippen molar-refractivity contribution in [2.45, 2.75) is 33.3 Å². The van der Waals surface area contributed by atoms with Gasteiger partial charge in [0.25, 0.3) is 5.91 Å². The quantitative estimate of drug-likeness (QED) is 0.779. The van der Waals surface area contributed by atoms with Crippen LogP contribution in [0.25, 0.3) is 0 Å². The Hall–Kier alpha value is -2.05. The van der Waals surface area contributed by atoms with Crippen molar-refractivity contribution >= 4 is 17.5 Å². The summed E-state index contributed by atoms with van der Waals surface area (Å²) in [7, 11) is 0. The van der Waals surface area contributed by atoms with E-state index in [1.165, 1.54) is 0 Å². The molecule has 2 heterocycles. The zero-order chi connectivity index (χ0) is 18.2. The highest BCUT2D eigenvalue weighted by Crippen LogP contribution is 2.27. The van der Waals surface area contributed by atoms with E-state index >= 15 is 0 Å². The van der Waals surface area contributed by atoms with Gasteiger partial charge in [-0.3, -0.25) is 4.79 Å². The zero-order valence-electron chi connectivity index (χ0n) is 14.5. The summed E-state index contributed by atoms with van der Waals surface area (Å²) in [6.45, 7) is 6.65. The van der Waals surface area contributed by atoms with Gasteiger partial charge in [-0.15, -0.1) is 0 Å². The predicted octanol–water partition coefficient (Wildman–Crippen LogP) is 2.80. The first-order valence-corrected chi connectivity index (χ1v) is 8.57. The Kier molecular flexibility index (Phi) is 4.75. The number of aliphatic hydroxyl groups is 1. The molecule has 1 aliphatic heterocycles. The van der Waals surface area contributed by atoms with E-state index in [-0.39, 0.29) is 17.9 Å². The number of benzene rings is 1. The van der Waals surface area contributed by atoms with E-state index in [1.807, 2.05) is 13.0 Å². The average Bonchev–Trinajstić information content (AvgIpc) is 2.92. The third-order valence-corrected chi connectivity index (χ3v) is 4.67. The van der Waals surface area contributed by atoms with Gasteiger partial charge in [0.15, 0.2) is 0 Å². The summed E-state index contributed by atoms with van der Waals surface area (Å²) in [6.07, 6.45) is -0.281. The molecule has 3 rings (SSSR count). The van der Waals surface area contributed by atoms with Crippen LogP contribution in [0.4, 0.5) is 0 Å². The van der Waals surface area contributed by atoms with Gasteiger partial charge in [-0.05, 0) is 42.5 Å². The van der Waals surface area contributed by atoms with Crippen molar-refractivity contribution in [3.63, 3.8) is 0 Å². The second-order valence-electron chi connectivity index (χ2n) is 7.21. The van der Waals surface area contributed by atoms with Crippen LogP contribution in [-0.4, -0.2) is 34.1 Å². The maximum atomic E-state index is 12.2. The summed E-state index contributed by atoms with van der Waals surface area (Å²) in [5.74, 6) is 0.737. The maximum Gasteiger partial charge on any atom is 0.271 e. The first-order chi connectivity index (χ1) is 11.7. The highest BCUT2D eigenvalue weighted by molar-refractivity contribution is 6.31. The number of imidazole rings is 1. The van der Waals surface area contributed by atoms with Gasteiger partial charge < -0.3 is 20.1 Å². The van der Waals surface area contributed by atoms with Crippen LogP contribution in [0.1, 0.15) is 47.5 Å². The molecule has 0 fully saturated rings. The molecule has 1 aromatic carbocycles. The summed E-state index contributed by atoms with van der Waals surface area (Å²) in [4.78, 5) is 19.5. The third-order valence-electron chi connectivity index (χ3n) is 4.25. The molecule has 25 heavy (non-hydrogen) atoms. The van der Waals surface area contributed by atoms with Gasteiger partial charge in [0.1, 0.15) is 30.0 Å². The van der Waals surface area contributed by atoms with E-state index in [2.05, 4.69) is 29.1 Å². The summed E-state index contributed by atoms with van der Waals surface area (Å²) in [6, 6.07) is 5.30. The number of fused-ring (bicyclic) bond motifs is 1. The van der Waals surface area contributed by atoms with Crippen molar-refractivity contribution < 1.29 is 14.6 Å². The van der Waals surface area contributed by atoms with E-state index < -0.39 is 6.10 Å². The Labute approximate surface area is 151 Å². The monoisotopic (exact) mass is 363 g/mol. The van der Waals surface area contributed by atoms with Crippen LogP contribution in [0.15, 0.2) is 18.2 Å². The average molecular weight is 364 g/mol. The smallest absolute Gasteiger partial charge is 0.271 e. The molecule has 1 aromatic heterocycles. The lowest BCUT2D eigenvalue weighted by Crippen LogP contribution is -2.32. The number of amides is 1. The van der Waals surface area contributed by atoms with Gasteiger partial charge in [0, 0.05) is 17.3 Å². The molecule has 0 saturated heterocycles. The number of nitrogens with zero attached hydrogens (tertiary/aromatic N) is 1. The highest BCUT2D eigenvalue weighted by atomic mass is 35.5. The number of hydrogen-bond donors (Lipinski definition) is 3. The molecular weight excluding hydrogens is 342 g/mol. The molecule has 2 aromatic rings. The third kappa shape index (κ3) is 3.96. The van der Waals surface area contributed by atoms with Crippen LogP contribution in [0.2, 0.25) is 5.02 Å². The minimum atomic E-state index is -0.959. The van der Waals surface area contributed by atoms with Gasteiger partial charge in [-0.25, -0.2) is 4.98 Å². The number of aromatic nitrogens is 2. The summed E-state index contributed by atoms with van der Waals surface area (Å²) >= 11 is 5.99. The molecule has 0 unspecified atom stereocenters. The molecule has 0 spiro atoms. The molecule has 1 amide bonds. The van der Waals surface area contributed by atoms with Crippen molar-refractivity contribution in [3.05, 3.63) is 46.0 Å². The van der Waals surface area contributed by atoms with Gasteiger partial charge in [-0.2, -0.15) is 0 Å². The van der Waals surface area contributed by atoms with E-state index in [1.54, 1.807) is 12.1 Å². The SMILES string of the molecule is Cc1cc(OC[C@H](O)c2nc3c([nH]2)CC(C)(C)CNC3=O)ccc1Cl. The number of halogens is 1. The van der Waals surface area contributed by atoms with E-state index in [0.717, 1.165) is 11.3 Å². The first kappa shape index (κ1) is 17.8. The Balaban J connectivity index is 1.73. The van der Waals surface area contributed by atoms with Gasteiger partial charge in [-0.1, -0.05) is 25.4 Å². The highest BCUT2D eigenvalue weighted by Gasteiger charge is 2.30. The number of aromatic amines is 1. The van der Waals surface area contributed by atoms with Crippen LogP contribution in [-0.2, 0) is 6.42 Å². The number of carbonyl (C=O) groups excluding carboxylic acids is 1. The zero-order valence-corrected chi connectivity index (χ0v) is 15.3. The van der Waals surface area contributed by atoms with Crippen LogP contribution in [0, 0.1) is 12.3 Å². The number of aliphatic hydroxyl groups excluding tert-OH is 1. The molecule has 7 heteroatoms. The molecule has 3 N–H and O–H groups in total. The Bertz CT molecular complexity index is 801. The summed E-state index contributed by atoms with van der Waals surface area (Å²) in [5, 5.41) is 13.9. The number of H-pyrrole nitrogens is 1. The lowest BCUT2D eigenvalue weighted by atomic mass is 9.88.